The highest BCUT2D eigenvalue weighted by Crippen LogP contribution is 2.31. The number of benzene rings is 1. The van der Waals surface area contributed by atoms with Crippen LogP contribution in [0.5, 0.6) is 5.75 Å². The second kappa shape index (κ2) is 4.39. The minimum absolute atomic E-state index is 0.0182. The second-order valence-electron chi connectivity index (χ2n) is 3.83. The van der Waals surface area contributed by atoms with Crippen molar-refractivity contribution in [1.29, 1.82) is 0 Å². The van der Waals surface area contributed by atoms with Crippen LogP contribution < -0.4 is 15.8 Å². The molecule has 1 aromatic rings. The van der Waals surface area contributed by atoms with Gasteiger partial charge in [0.25, 0.3) is 0 Å². The summed E-state index contributed by atoms with van der Waals surface area (Å²) in [6, 6.07) is 5.67. The van der Waals surface area contributed by atoms with E-state index in [9.17, 15) is 0 Å². The third-order valence-electron chi connectivity index (χ3n) is 2.89. The average Bonchev–Trinajstić information content (AvgIpc) is 2.14. The van der Waals surface area contributed by atoms with Crippen LogP contribution in [0.1, 0.15) is 11.6 Å². The highest BCUT2D eigenvalue weighted by atomic mass is 35.5. The zero-order valence-electron chi connectivity index (χ0n) is 8.66. The van der Waals surface area contributed by atoms with Crippen LogP contribution in [0.4, 0.5) is 0 Å². The lowest BCUT2D eigenvalue weighted by Crippen LogP contribution is -2.47. The monoisotopic (exact) mass is 226 g/mol. The van der Waals surface area contributed by atoms with Crippen LogP contribution >= 0.6 is 11.6 Å². The van der Waals surface area contributed by atoms with Gasteiger partial charge in [0, 0.05) is 30.1 Å². The molecule has 1 atom stereocenters. The molecule has 4 heteroatoms. The molecule has 1 saturated heterocycles. The summed E-state index contributed by atoms with van der Waals surface area (Å²) in [6.07, 6.45) is 0. The van der Waals surface area contributed by atoms with Crippen molar-refractivity contribution >= 4 is 11.6 Å². The Morgan fingerprint density at radius 2 is 2.27 bits per heavy atom. The van der Waals surface area contributed by atoms with Crippen LogP contribution in [0.25, 0.3) is 0 Å². The predicted molar refractivity (Wildman–Crippen MR) is 61.3 cm³/mol. The van der Waals surface area contributed by atoms with Gasteiger partial charge in [-0.1, -0.05) is 17.7 Å². The van der Waals surface area contributed by atoms with E-state index in [4.69, 9.17) is 22.1 Å². The lowest BCUT2D eigenvalue weighted by atomic mass is 9.89. The molecule has 0 radical (unpaired) electrons. The molecule has 0 amide bonds. The van der Waals surface area contributed by atoms with Crippen molar-refractivity contribution in [3.8, 4) is 5.75 Å². The molecule has 0 bridgehead atoms. The molecule has 1 aliphatic rings. The fourth-order valence-electron chi connectivity index (χ4n) is 1.72. The molecule has 82 valence electrons. The van der Waals surface area contributed by atoms with Gasteiger partial charge < -0.3 is 15.8 Å². The normalized spacial score (nSPS) is 18.3. The third-order valence-corrected chi connectivity index (χ3v) is 3.21. The first-order valence-corrected chi connectivity index (χ1v) is 5.40. The number of methoxy groups -OCH3 is 1. The summed E-state index contributed by atoms with van der Waals surface area (Å²) in [6.45, 7) is 1.95. The summed E-state index contributed by atoms with van der Waals surface area (Å²) in [5, 5.41) is 3.89. The van der Waals surface area contributed by atoms with E-state index >= 15 is 0 Å². The van der Waals surface area contributed by atoms with Crippen molar-refractivity contribution < 1.29 is 4.74 Å². The van der Waals surface area contributed by atoms with Crippen LogP contribution in [0.15, 0.2) is 18.2 Å². The van der Waals surface area contributed by atoms with Gasteiger partial charge in [0.15, 0.2) is 0 Å². The Kier molecular flexibility index (Phi) is 3.14. The van der Waals surface area contributed by atoms with E-state index in [-0.39, 0.29) is 6.04 Å². The smallest absolute Gasteiger partial charge is 0.120 e. The number of nitrogens with one attached hydrogen (secondary N) is 1. The Bertz CT molecular complexity index is 352. The van der Waals surface area contributed by atoms with E-state index in [1.165, 1.54) is 0 Å². The maximum atomic E-state index is 6.15. The molecule has 0 aliphatic carbocycles. The van der Waals surface area contributed by atoms with Crippen LogP contribution in [0.2, 0.25) is 5.02 Å². The first-order valence-electron chi connectivity index (χ1n) is 5.02. The first kappa shape index (κ1) is 10.7. The number of hydrogen-bond donors (Lipinski definition) is 2. The molecule has 0 saturated carbocycles. The molecule has 0 aromatic heterocycles. The highest BCUT2D eigenvalue weighted by Gasteiger charge is 2.26. The number of ether oxygens (including phenoxy) is 1. The van der Waals surface area contributed by atoms with E-state index in [2.05, 4.69) is 5.32 Å². The van der Waals surface area contributed by atoms with Crippen molar-refractivity contribution in [2.24, 2.45) is 11.7 Å². The number of nitrogens with two attached hydrogens (primary N) is 1. The van der Waals surface area contributed by atoms with Crippen LogP contribution in [0, 0.1) is 5.92 Å². The van der Waals surface area contributed by atoms with E-state index in [1.807, 2.05) is 18.2 Å². The fourth-order valence-corrected chi connectivity index (χ4v) is 2.02. The molecule has 3 nitrogen and oxygen atoms in total. The Morgan fingerprint density at radius 1 is 1.53 bits per heavy atom. The summed E-state index contributed by atoms with van der Waals surface area (Å²) >= 11 is 6.15. The SMILES string of the molecule is COc1ccc(C(N)C2CNC2)c(Cl)c1. The maximum absolute atomic E-state index is 6.15. The van der Waals surface area contributed by atoms with Gasteiger partial charge in [-0.25, -0.2) is 0 Å². The predicted octanol–water partition coefficient (Wildman–Crippen LogP) is 1.57. The number of rotatable bonds is 3. The lowest BCUT2D eigenvalue weighted by Gasteiger charge is -2.33. The molecular weight excluding hydrogens is 212 g/mol. The Labute approximate surface area is 94.6 Å². The molecule has 15 heavy (non-hydrogen) atoms. The zero-order valence-corrected chi connectivity index (χ0v) is 9.42. The van der Waals surface area contributed by atoms with E-state index in [1.54, 1.807) is 7.11 Å². The summed E-state index contributed by atoms with van der Waals surface area (Å²) in [7, 11) is 1.63. The lowest BCUT2D eigenvalue weighted by molar-refractivity contribution is 0.295. The Balaban J connectivity index is 2.19. The molecule has 1 heterocycles. The van der Waals surface area contributed by atoms with Gasteiger partial charge in [-0.15, -0.1) is 0 Å². The number of hydrogen-bond acceptors (Lipinski definition) is 3. The van der Waals surface area contributed by atoms with Crippen LogP contribution in [0.3, 0.4) is 0 Å². The molecule has 2 rings (SSSR count). The van der Waals surface area contributed by atoms with Crippen molar-refractivity contribution in [1.82, 2.24) is 5.32 Å². The van der Waals surface area contributed by atoms with Crippen LogP contribution in [-0.2, 0) is 0 Å². The maximum Gasteiger partial charge on any atom is 0.120 e. The summed E-state index contributed by atoms with van der Waals surface area (Å²) in [5.41, 5.74) is 7.13. The van der Waals surface area contributed by atoms with Gasteiger partial charge in [-0.3, -0.25) is 0 Å². The summed E-state index contributed by atoms with van der Waals surface area (Å²) in [5.74, 6) is 1.26. The minimum Gasteiger partial charge on any atom is -0.497 e. The van der Waals surface area contributed by atoms with Crippen molar-refractivity contribution in [2.45, 2.75) is 6.04 Å². The number of halogens is 1. The van der Waals surface area contributed by atoms with Gasteiger partial charge in [0.1, 0.15) is 5.75 Å². The van der Waals surface area contributed by atoms with Crippen LogP contribution in [-0.4, -0.2) is 20.2 Å². The fraction of sp³-hybridized carbons (Fsp3) is 0.455. The van der Waals surface area contributed by atoms with E-state index < -0.39 is 0 Å². The van der Waals surface area contributed by atoms with Crippen molar-refractivity contribution in [2.75, 3.05) is 20.2 Å². The first-order chi connectivity index (χ1) is 7.22. The standard InChI is InChI=1S/C11H15ClN2O/c1-15-8-2-3-9(10(12)4-8)11(13)7-5-14-6-7/h2-4,7,11,14H,5-6,13H2,1H3. The molecule has 1 unspecified atom stereocenters. The molecular formula is C11H15ClN2O. The highest BCUT2D eigenvalue weighted by molar-refractivity contribution is 6.31. The molecule has 0 spiro atoms. The van der Waals surface area contributed by atoms with Gasteiger partial charge in [0.2, 0.25) is 0 Å². The van der Waals surface area contributed by atoms with Crippen molar-refractivity contribution in [3.05, 3.63) is 28.8 Å². The van der Waals surface area contributed by atoms with E-state index in [0.29, 0.717) is 10.9 Å². The Hall–Kier alpha value is -0.770. The molecule has 3 N–H and O–H groups in total. The van der Waals surface area contributed by atoms with Gasteiger partial charge >= 0.3 is 0 Å². The molecule has 1 aliphatic heterocycles. The quantitative estimate of drug-likeness (QED) is 0.823. The molecule has 1 fully saturated rings. The summed E-state index contributed by atoms with van der Waals surface area (Å²) < 4.78 is 5.09. The third kappa shape index (κ3) is 2.09. The molecule has 1 aromatic carbocycles. The topological polar surface area (TPSA) is 47.3 Å². The van der Waals surface area contributed by atoms with Gasteiger partial charge in [-0.05, 0) is 17.7 Å². The van der Waals surface area contributed by atoms with Crippen molar-refractivity contribution in [3.63, 3.8) is 0 Å². The minimum atomic E-state index is 0.0182. The zero-order chi connectivity index (χ0) is 10.8. The Morgan fingerprint density at radius 3 is 2.73 bits per heavy atom. The second-order valence-corrected chi connectivity index (χ2v) is 4.24. The van der Waals surface area contributed by atoms with E-state index in [0.717, 1.165) is 24.4 Å². The van der Waals surface area contributed by atoms with Gasteiger partial charge in [0.05, 0.1) is 7.11 Å². The average molecular weight is 227 g/mol. The summed E-state index contributed by atoms with van der Waals surface area (Å²) in [4.78, 5) is 0. The van der Waals surface area contributed by atoms with Gasteiger partial charge in [-0.2, -0.15) is 0 Å². The largest absolute Gasteiger partial charge is 0.497 e.